The average molecular weight is 440 g/mol. The summed E-state index contributed by atoms with van der Waals surface area (Å²) in [5, 5.41) is 22.7. The predicted molar refractivity (Wildman–Crippen MR) is 116 cm³/mol. The summed E-state index contributed by atoms with van der Waals surface area (Å²) < 4.78 is 10.4. The van der Waals surface area contributed by atoms with Gasteiger partial charge in [0.05, 0.1) is 28.7 Å². The number of hydrogen-bond donors (Lipinski definition) is 1. The van der Waals surface area contributed by atoms with Crippen molar-refractivity contribution in [2.45, 2.75) is 19.4 Å². The van der Waals surface area contributed by atoms with Crippen LogP contribution in [-0.2, 0) is 14.3 Å². The third-order valence-electron chi connectivity index (χ3n) is 5.15. The SMILES string of the molecule is CCOc1ccc(C(O)=C2C(=O)C(=O)N(CCCOC)C2c2ccccc2[N+](=O)[O-])cc1. The minimum absolute atomic E-state index is 0.134. The van der Waals surface area contributed by atoms with Crippen LogP contribution in [0.3, 0.4) is 0 Å². The molecule has 0 saturated carbocycles. The highest BCUT2D eigenvalue weighted by Gasteiger charge is 2.47. The number of carbonyl (C=O) groups excluding carboxylic acids is 2. The lowest BCUT2D eigenvalue weighted by Gasteiger charge is -2.25. The van der Waals surface area contributed by atoms with Crippen molar-refractivity contribution >= 4 is 23.1 Å². The van der Waals surface area contributed by atoms with E-state index in [1.54, 1.807) is 30.3 Å². The lowest BCUT2D eigenvalue weighted by Crippen LogP contribution is -2.31. The van der Waals surface area contributed by atoms with Gasteiger partial charge in [0.1, 0.15) is 11.5 Å². The summed E-state index contributed by atoms with van der Waals surface area (Å²) in [6.07, 6.45) is 0.420. The van der Waals surface area contributed by atoms with Crippen LogP contribution in [0.1, 0.15) is 30.5 Å². The van der Waals surface area contributed by atoms with Crippen molar-refractivity contribution in [3.05, 3.63) is 75.3 Å². The number of likely N-dealkylation sites (tertiary alicyclic amines) is 1. The number of aliphatic hydroxyl groups excluding tert-OH is 1. The van der Waals surface area contributed by atoms with Gasteiger partial charge in [-0.15, -0.1) is 0 Å². The topological polar surface area (TPSA) is 119 Å². The van der Waals surface area contributed by atoms with Crippen molar-refractivity contribution in [3.63, 3.8) is 0 Å². The fourth-order valence-corrected chi connectivity index (χ4v) is 3.73. The number of rotatable bonds is 9. The van der Waals surface area contributed by atoms with Gasteiger partial charge in [0.25, 0.3) is 17.4 Å². The quantitative estimate of drug-likeness (QED) is 0.158. The molecular formula is C23H24N2O7. The maximum absolute atomic E-state index is 13.0. The molecule has 1 atom stereocenters. The Kier molecular flexibility index (Phi) is 7.21. The summed E-state index contributed by atoms with van der Waals surface area (Å²) in [6, 6.07) is 11.2. The number of ketones is 1. The third-order valence-corrected chi connectivity index (χ3v) is 5.15. The predicted octanol–water partition coefficient (Wildman–Crippen LogP) is 3.45. The van der Waals surface area contributed by atoms with Crippen molar-refractivity contribution in [3.8, 4) is 5.75 Å². The number of nitro groups is 1. The Balaban J connectivity index is 2.15. The Morgan fingerprint density at radius 3 is 2.47 bits per heavy atom. The third kappa shape index (κ3) is 4.47. The van der Waals surface area contributed by atoms with Crippen LogP contribution in [-0.4, -0.2) is 53.5 Å². The van der Waals surface area contributed by atoms with E-state index in [0.717, 1.165) is 0 Å². The largest absolute Gasteiger partial charge is 0.507 e. The van der Waals surface area contributed by atoms with Crippen LogP contribution < -0.4 is 4.74 Å². The van der Waals surface area contributed by atoms with Gasteiger partial charge >= 0.3 is 0 Å². The molecule has 168 valence electrons. The second-order valence-corrected chi connectivity index (χ2v) is 7.11. The average Bonchev–Trinajstić information content (AvgIpc) is 3.04. The van der Waals surface area contributed by atoms with Gasteiger partial charge in [-0.3, -0.25) is 19.7 Å². The molecule has 1 aliphatic heterocycles. The molecular weight excluding hydrogens is 416 g/mol. The second-order valence-electron chi connectivity index (χ2n) is 7.11. The van der Waals surface area contributed by atoms with Crippen molar-refractivity contribution in [1.29, 1.82) is 0 Å². The first-order valence-corrected chi connectivity index (χ1v) is 10.1. The van der Waals surface area contributed by atoms with E-state index in [9.17, 15) is 24.8 Å². The smallest absolute Gasteiger partial charge is 0.295 e. The van der Waals surface area contributed by atoms with Crippen LogP contribution >= 0.6 is 0 Å². The Labute approximate surface area is 185 Å². The highest BCUT2D eigenvalue weighted by molar-refractivity contribution is 6.46. The Morgan fingerprint density at radius 2 is 1.84 bits per heavy atom. The number of hydrogen-bond acceptors (Lipinski definition) is 7. The number of aliphatic hydroxyl groups is 1. The van der Waals surface area contributed by atoms with Crippen molar-refractivity contribution in [1.82, 2.24) is 4.90 Å². The van der Waals surface area contributed by atoms with Gasteiger partial charge in [0.2, 0.25) is 0 Å². The zero-order valence-corrected chi connectivity index (χ0v) is 17.8. The van der Waals surface area contributed by atoms with Crippen molar-refractivity contribution in [2.75, 3.05) is 26.9 Å². The fourth-order valence-electron chi connectivity index (χ4n) is 3.73. The van der Waals surface area contributed by atoms with Gasteiger partial charge < -0.3 is 19.5 Å². The van der Waals surface area contributed by atoms with E-state index in [2.05, 4.69) is 0 Å². The van der Waals surface area contributed by atoms with Crippen LogP contribution in [0, 0.1) is 10.1 Å². The number of nitro benzene ring substituents is 1. The van der Waals surface area contributed by atoms with Gasteiger partial charge in [0.15, 0.2) is 0 Å². The summed E-state index contributed by atoms with van der Waals surface area (Å²) in [4.78, 5) is 38.2. The van der Waals surface area contributed by atoms with E-state index in [-0.39, 0.29) is 23.4 Å². The number of carbonyl (C=O) groups is 2. The van der Waals surface area contributed by atoms with E-state index < -0.39 is 28.4 Å². The summed E-state index contributed by atoms with van der Waals surface area (Å²) in [5.41, 5.74) is 0.0214. The number of nitrogens with zero attached hydrogens (tertiary/aromatic N) is 2. The van der Waals surface area contributed by atoms with E-state index in [4.69, 9.17) is 9.47 Å². The molecule has 1 amide bonds. The molecule has 0 radical (unpaired) electrons. The first-order chi connectivity index (χ1) is 15.4. The van der Waals surface area contributed by atoms with E-state index in [1.807, 2.05) is 6.92 Å². The monoisotopic (exact) mass is 440 g/mol. The summed E-state index contributed by atoms with van der Waals surface area (Å²) in [7, 11) is 1.51. The van der Waals surface area contributed by atoms with Crippen molar-refractivity contribution in [2.24, 2.45) is 0 Å². The fraction of sp³-hybridized carbons (Fsp3) is 0.304. The molecule has 1 N–H and O–H groups in total. The molecule has 1 saturated heterocycles. The van der Waals surface area contributed by atoms with Crippen molar-refractivity contribution < 1.29 is 29.1 Å². The number of para-hydroxylation sites is 1. The van der Waals surface area contributed by atoms with Gasteiger partial charge in [-0.2, -0.15) is 0 Å². The Morgan fingerprint density at radius 1 is 1.16 bits per heavy atom. The highest BCUT2D eigenvalue weighted by atomic mass is 16.6. The summed E-state index contributed by atoms with van der Waals surface area (Å²) in [5.74, 6) is -1.53. The van der Waals surface area contributed by atoms with E-state index >= 15 is 0 Å². The van der Waals surface area contributed by atoms with Gasteiger partial charge in [-0.1, -0.05) is 12.1 Å². The molecule has 9 nitrogen and oxygen atoms in total. The summed E-state index contributed by atoms with van der Waals surface area (Å²) in [6.45, 7) is 2.78. The molecule has 1 heterocycles. The number of amides is 1. The van der Waals surface area contributed by atoms with E-state index in [1.165, 1.54) is 30.2 Å². The number of benzene rings is 2. The van der Waals surface area contributed by atoms with Crippen LogP contribution in [0.4, 0.5) is 5.69 Å². The molecule has 1 fully saturated rings. The highest BCUT2D eigenvalue weighted by Crippen LogP contribution is 2.42. The molecule has 0 aliphatic carbocycles. The van der Waals surface area contributed by atoms with Crippen LogP contribution in [0.5, 0.6) is 5.75 Å². The zero-order chi connectivity index (χ0) is 23.3. The first-order valence-electron chi connectivity index (χ1n) is 10.1. The van der Waals surface area contributed by atoms with Crippen LogP contribution in [0.25, 0.3) is 5.76 Å². The van der Waals surface area contributed by atoms with Crippen LogP contribution in [0.2, 0.25) is 0 Å². The minimum atomic E-state index is -1.10. The van der Waals surface area contributed by atoms with Gasteiger partial charge in [-0.25, -0.2) is 0 Å². The molecule has 2 aromatic carbocycles. The normalized spacial score (nSPS) is 17.6. The Bertz CT molecular complexity index is 1050. The van der Waals surface area contributed by atoms with Gasteiger partial charge in [0, 0.05) is 31.9 Å². The molecule has 0 spiro atoms. The molecule has 1 aliphatic rings. The van der Waals surface area contributed by atoms with E-state index in [0.29, 0.717) is 30.9 Å². The molecule has 3 rings (SSSR count). The molecule has 0 aromatic heterocycles. The lowest BCUT2D eigenvalue weighted by atomic mass is 9.94. The molecule has 9 heteroatoms. The number of methoxy groups -OCH3 is 1. The molecule has 1 unspecified atom stereocenters. The van der Waals surface area contributed by atoms with Gasteiger partial charge in [-0.05, 0) is 43.7 Å². The molecule has 0 bridgehead atoms. The standard InChI is InChI=1S/C23H24N2O7/c1-3-32-16-11-9-15(10-12-16)21(26)19-20(17-7-4-5-8-18(17)25(29)30)24(13-6-14-31-2)23(28)22(19)27/h4-5,7-12,20,26H,3,6,13-14H2,1-2H3. The molecule has 32 heavy (non-hydrogen) atoms. The number of Topliss-reactive ketones (excluding diaryl/α,β-unsaturated/α-hetero) is 1. The first kappa shape index (κ1) is 23.0. The maximum Gasteiger partial charge on any atom is 0.295 e. The number of ether oxygens (including phenoxy) is 2. The minimum Gasteiger partial charge on any atom is -0.507 e. The molecule has 2 aromatic rings. The maximum atomic E-state index is 13.0. The Hall–Kier alpha value is -3.72. The zero-order valence-electron chi connectivity index (χ0n) is 17.8. The second kappa shape index (κ2) is 10.1. The lowest BCUT2D eigenvalue weighted by molar-refractivity contribution is -0.385. The summed E-state index contributed by atoms with van der Waals surface area (Å²) >= 11 is 0. The van der Waals surface area contributed by atoms with Crippen LogP contribution in [0.15, 0.2) is 54.1 Å².